The fraction of sp³-hybridized carbons (Fsp3) is 0.594. The summed E-state index contributed by atoms with van der Waals surface area (Å²) in [7, 11) is 4.12. The lowest BCUT2D eigenvalue weighted by molar-refractivity contribution is -0.917. The number of ether oxygens (including phenoxy) is 2. The fourth-order valence-electron chi connectivity index (χ4n) is 4.58. The molecule has 0 amide bonds. The number of benzene rings is 2. The number of hydrogen-bond donors (Lipinski definition) is 0. The van der Waals surface area contributed by atoms with E-state index in [4.69, 9.17) is 9.47 Å². The molecule has 0 aromatic heterocycles. The SMILES string of the molecule is CCCCCCCCCCCCCc1ccccc1OCOC(=O)C(C)[N+](C)(C)Cc1ccccc1. The van der Waals surface area contributed by atoms with Gasteiger partial charge >= 0.3 is 5.97 Å². The van der Waals surface area contributed by atoms with E-state index in [-0.39, 0.29) is 18.8 Å². The zero-order valence-corrected chi connectivity index (χ0v) is 23.3. The summed E-state index contributed by atoms with van der Waals surface area (Å²) in [4.78, 5) is 12.7. The molecule has 0 aliphatic rings. The molecule has 0 aliphatic heterocycles. The van der Waals surface area contributed by atoms with Gasteiger partial charge in [-0.3, -0.25) is 0 Å². The van der Waals surface area contributed by atoms with Gasteiger partial charge in [-0.15, -0.1) is 0 Å². The fourth-order valence-corrected chi connectivity index (χ4v) is 4.58. The number of likely N-dealkylation sites (N-methyl/N-ethyl adjacent to an activating group) is 1. The molecule has 200 valence electrons. The van der Waals surface area contributed by atoms with Crippen molar-refractivity contribution >= 4 is 5.97 Å². The topological polar surface area (TPSA) is 35.5 Å². The number of para-hydroxylation sites is 1. The van der Waals surface area contributed by atoms with Crippen molar-refractivity contribution in [1.82, 2.24) is 0 Å². The first kappa shape index (κ1) is 29.9. The van der Waals surface area contributed by atoms with Crippen LogP contribution in [0, 0.1) is 0 Å². The van der Waals surface area contributed by atoms with E-state index in [1.807, 2.05) is 37.3 Å². The van der Waals surface area contributed by atoms with E-state index in [1.165, 1.54) is 81.8 Å². The molecule has 2 rings (SSSR count). The van der Waals surface area contributed by atoms with Gasteiger partial charge in [-0.05, 0) is 31.4 Å². The first-order valence-electron chi connectivity index (χ1n) is 14.2. The first-order valence-corrected chi connectivity index (χ1v) is 14.2. The third-order valence-corrected chi connectivity index (χ3v) is 7.26. The molecular formula is C32H50NO3+. The number of nitrogens with zero attached hydrogens (tertiary/aromatic N) is 1. The molecule has 1 unspecified atom stereocenters. The van der Waals surface area contributed by atoms with Crippen molar-refractivity contribution < 1.29 is 18.8 Å². The van der Waals surface area contributed by atoms with Crippen LogP contribution in [0.15, 0.2) is 54.6 Å². The molecule has 0 N–H and O–H groups in total. The van der Waals surface area contributed by atoms with Crippen LogP contribution in [0.5, 0.6) is 5.75 Å². The summed E-state index contributed by atoms with van der Waals surface area (Å²) >= 11 is 0. The van der Waals surface area contributed by atoms with Gasteiger partial charge in [0.05, 0.1) is 14.1 Å². The second-order valence-corrected chi connectivity index (χ2v) is 10.7. The quantitative estimate of drug-likeness (QED) is 0.0853. The minimum absolute atomic E-state index is 0.0518. The van der Waals surface area contributed by atoms with Gasteiger partial charge in [0.2, 0.25) is 6.79 Å². The Kier molecular flexibility index (Phi) is 14.3. The lowest BCUT2D eigenvalue weighted by atomic mass is 10.0. The second kappa shape index (κ2) is 17.2. The van der Waals surface area contributed by atoms with Crippen LogP contribution in [0.2, 0.25) is 0 Å². The Morgan fingerprint density at radius 3 is 1.97 bits per heavy atom. The summed E-state index contributed by atoms with van der Waals surface area (Å²) in [5.74, 6) is 0.585. The second-order valence-electron chi connectivity index (χ2n) is 10.7. The third-order valence-electron chi connectivity index (χ3n) is 7.26. The van der Waals surface area contributed by atoms with E-state index in [0.717, 1.165) is 18.7 Å². The lowest BCUT2D eigenvalue weighted by Crippen LogP contribution is -2.51. The zero-order valence-electron chi connectivity index (χ0n) is 23.3. The van der Waals surface area contributed by atoms with Crippen LogP contribution in [0.3, 0.4) is 0 Å². The van der Waals surface area contributed by atoms with Crippen molar-refractivity contribution in [2.75, 3.05) is 20.9 Å². The molecule has 0 radical (unpaired) electrons. The van der Waals surface area contributed by atoms with Crippen LogP contribution in [-0.2, 0) is 22.5 Å². The highest BCUT2D eigenvalue weighted by molar-refractivity contribution is 5.74. The maximum atomic E-state index is 12.7. The molecular weight excluding hydrogens is 446 g/mol. The Labute approximate surface area is 220 Å². The Hall–Kier alpha value is -2.33. The first-order chi connectivity index (χ1) is 17.4. The molecule has 0 saturated carbocycles. The third kappa shape index (κ3) is 11.6. The summed E-state index contributed by atoms with van der Waals surface area (Å²) in [6.07, 6.45) is 15.8. The normalized spacial score (nSPS) is 12.3. The van der Waals surface area contributed by atoms with Gasteiger partial charge in [0.25, 0.3) is 0 Å². The maximum absolute atomic E-state index is 12.7. The number of unbranched alkanes of at least 4 members (excludes halogenated alkanes) is 10. The van der Waals surface area contributed by atoms with Crippen molar-refractivity contribution in [1.29, 1.82) is 0 Å². The minimum Gasteiger partial charge on any atom is -0.457 e. The van der Waals surface area contributed by atoms with Crippen molar-refractivity contribution in [3.05, 3.63) is 65.7 Å². The number of carbonyl (C=O) groups excluding carboxylic acids is 1. The predicted molar refractivity (Wildman–Crippen MR) is 150 cm³/mol. The highest BCUT2D eigenvalue weighted by atomic mass is 16.7. The molecule has 0 aliphatic carbocycles. The van der Waals surface area contributed by atoms with Crippen LogP contribution in [0.1, 0.15) is 95.6 Å². The van der Waals surface area contributed by atoms with E-state index in [9.17, 15) is 4.79 Å². The van der Waals surface area contributed by atoms with Gasteiger partial charge in [-0.2, -0.15) is 0 Å². The summed E-state index contributed by atoms with van der Waals surface area (Å²) in [6, 6.07) is 18.1. The maximum Gasteiger partial charge on any atom is 0.367 e. The van der Waals surface area contributed by atoms with Crippen molar-refractivity contribution in [3.8, 4) is 5.75 Å². The van der Waals surface area contributed by atoms with Gasteiger partial charge in [0, 0.05) is 5.56 Å². The molecule has 0 fully saturated rings. The van der Waals surface area contributed by atoms with Crippen LogP contribution in [0.25, 0.3) is 0 Å². The molecule has 0 heterocycles. The monoisotopic (exact) mass is 496 g/mol. The van der Waals surface area contributed by atoms with Gasteiger partial charge in [-0.1, -0.05) is 120 Å². The lowest BCUT2D eigenvalue weighted by Gasteiger charge is -2.34. The molecule has 2 aromatic carbocycles. The average molecular weight is 497 g/mol. The summed E-state index contributed by atoms with van der Waals surface area (Å²) in [5, 5.41) is 0. The Morgan fingerprint density at radius 2 is 1.33 bits per heavy atom. The number of rotatable bonds is 19. The van der Waals surface area contributed by atoms with Crippen LogP contribution < -0.4 is 4.74 Å². The summed E-state index contributed by atoms with van der Waals surface area (Å²) in [5.41, 5.74) is 2.40. The predicted octanol–water partition coefficient (Wildman–Crippen LogP) is 8.08. The molecule has 4 nitrogen and oxygen atoms in total. The highest BCUT2D eigenvalue weighted by Crippen LogP contribution is 2.22. The Balaban J connectivity index is 1.66. The molecule has 1 atom stereocenters. The van der Waals surface area contributed by atoms with E-state index < -0.39 is 0 Å². The molecule has 4 heteroatoms. The number of quaternary nitrogens is 1. The highest BCUT2D eigenvalue weighted by Gasteiger charge is 2.32. The van der Waals surface area contributed by atoms with E-state index in [1.54, 1.807) is 0 Å². The molecule has 0 saturated heterocycles. The Bertz CT molecular complexity index is 849. The van der Waals surface area contributed by atoms with Crippen molar-refractivity contribution in [2.24, 2.45) is 0 Å². The minimum atomic E-state index is -0.291. The summed E-state index contributed by atoms with van der Waals surface area (Å²) < 4.78 is 11.9. The standard InChI is InChI=1S/C32H50NO3/c1-5-6-7-8-9-10-11-12-13-14-18-23-30-24-19-20-25-31(30)35-27-36-32(34)28(2)33(3,4)26-29-21-16-15-17-22-29/h15-17,19-22,24-25,28H,5-14,18,23,26-27H2,1-4H3/q+1. The van der Waals surface area contributed by atoms with E-state index >= 15 is 0 Å². The van der Waals surface area contributed by atoms with E-state index in [2.05, 4.69) is 45.3 Å². The number of hydrogen-bond acceptors (Lipinski definition) is 3. The average Bonchev–Trinajstić information content (AvgIpc) is 2.88. The van der Waals surface area contributed by atoms with Gasteiger partial charge in [0.15, 0.2) is 6.04 Å². The van der Waals surface area contributed by atoms with Crippen LogP contribution in [-0.4, -0.2) is 37.4 Å². The van der Waals surface area contributed by atoms with E-state index in [0.29, 0.717) is 4.48 Å². The van der Waals surface area contributed by atoms with Crippen molar-refractivity contribution in [2.45, 2.75) is 103 Å². The van der Waals surface area contributed by atoms with Gasteiger partial charge in [-0.25, -0.2) is 4.79 Å². The number of esters is 1. The largest absolute Gasteiger partial charge is 0.457 e. The smallest absolute Gasteiger partial charge is 0.367 e. The van der Waals surface area contributed by atoms with Crippen LogP contribution >= 0.6 is 0 Å². The number of aryl methyl sites for hydroxylation is 1. The number of carbonyl (C=O) groups is 1. The molecule has 36 heavy (non-hydrogen) atoms. The van der Waals surface area contributed by atoms with Crippen molar-refractivity contribution in [3.63, 3.8) is 0 Å². The van der Waals surface area contributed by atoms with Gasteiger partial charge < -0.3 is 14.0 Å². The Morgan fingerprint density at radius 1 is 0.778 bits per heavy atom. The van der Waals surface area contributed by atoms with Gasteiger partial charge in [0.1, 0.15) is 12.3 Å². The molecule has 0 spiro atoms. The molecule has 0 bridgehead atoms. The van der Waals surface area contributed by atoms with Crippen LogP contribution in [0.4, 0.5) is 0 Å². The summed E-state index contributed by atoms with van der Waals surface area (Å²) in [6.45, 7) is 4.91. The zero-order chi connectivity index (χ0) is 26.1. The molecule has 2 aromatic rings.